The Morgan fingerprint density at radius 2 is 1.80 bits per heavy atom. The van der Waals surface area contributed by atoms with Crippen molar-refractivity contribution in [2.75, 3.05) is 0 Å². The average molecular weight is 315 g/mol. The lowest BCUT2D eigenvalue weighted by Crippen LogP contribution is -2.02. The van der Waals surface area contributed by atoms with Crippen molar-refractivity contribution in [3.63, 3.8) is 0 Å². The van der Waals surface area contributed by atoms with Gasteiger partial charge in [-0.05, 0) is 36.5 Å². The number of para-hydroxylation sites is 1. The van der Waals surface area contributed by atoms with Crippen LogP contribution >= 0.6 is 23.8 Å². The monoisotopic (exact) mass is 314 g/mol. The van der Waals surface area contributed by atoms with Gasteiger partial charge in [0.15, 0.2) is 22.2 Å². The number of fused-ring (bicyclic) bond motifs is 1. The van der Waals surface area contributed by atoms with Crippen molar-refractivity contribution in [3.8, 4) is 5.69 Å². The fraction of sp³-hybridized carbons (Fsp3) is 0. The molecule has 2 nitrogen and oxygen atoms in total. The summed E-state index contributed by atoms with van der Waals surface area (Å²) < 4.78 is 41.7. The second kappa shape index (κ2) is 4.64. The van der Waals surface area contributed by atoms with Gasteiger partial charge in [-0.1, -0.05) is 17.7 Å². The minimum absolute atomic E-state index is 0.137. The highest BCUT2D eigenvalue weighted by atomic mass is 35.5. The van der Waals surface area contributed by atoms with Crippen LogP contribution in [0.2, 0.25) is 5.02 Å². The van der Waals surface area contributed by atoms with E-state index >= 15 is 0 Å². The first-order valence-corrected chi connectivity index (χ1v) is 6.32. The van der Waals surface area contributed by atoms with Crippen LogP contribution in [0.15, 0.2) is 30.3 Å². The van der Waals surface area contributed by atoms with Crippen LogP contribution in [0.5, 0.6) is 0 Å². The molecule has 0 aliphatic rings. The Hall–Kier alpha value is -1.79. The normalized spacial score (nSPS) is 11.2. The minimum Gasteiger partial charge on any atom is -0.330 e. The molecule has 3 rings (SSSR count). The summed E-state index contributed by atoms with van der Waals surface area (Å²) in [7, 11) is 0. The van der Waals surface area contributed by atoms with Crippen molar-refractivity contribution in [2.45, 2.75) is 0 Å². The van der Waals surface area contributed by atoms with Crippen LogP contribution in [-0.2, 0) is 0 Å². The number of nitrogens with one attached hydrogen (secondary N) is 1. The highest BCUT2D eigenvalue weighted by molar-refractivity contribution is 7.71. The molecular weight excluding hydrogens is 309 g/mol. The quantitative estimate of drug-likeness (QED) is 0.507. The molecule has 0 amide bonds. The topological polar surface area (TPSA) is 20.7 Å². The first-order chi connectivity index (χ1) is 9.50. The molecule has 0 saturated heterocycles. The van der Waals surface area contributed by atoms with Gasteiger partial charge in [-0.15, -0.1) is 0 Å². The highest BCUT2D eigenvalue weighted by Crippen LogP contribution is 2.28. The summed E-state index contributed by atoms with van der Waals surface area (Å²) in [6.45, 7) is 0. The van der Waals surface area contributed by atoms with Gasteiger partial charge in [-0.25, -0.2) is 13.2 Å². The fourth-order valence-corrected chi connectivity index (χ4v) is 2.59. The first-order valence-electron chi connectivity index (χ1n) is 5.54. The number of aromatic amines is 1. The van der Waals surface area contributed by atoms with E-state index in [1.807, 2.05) is 0 Å². The van der Waals surface area contributed by atoms with Gasteiger partial charge in [-0.2, -0.15) is 0 Å². The number of H-pyrrole nitrogens is 1. The average Bonchev–Trinajstić information content (AvgIpc) is 2.74. The molecule has 0 aliphatic carbocycles. The third-order valence-electron chi connectivity index (χ3n) is 2.91. The van der Waals surface area contributed by atoms with Crippen LogP contribution in [0.25, 0.3) is 16.7 Å². The van der Waals surface area contributed by atoms with E-state index in [0.29, 0.717) is 16.1 Å². The molecule has 0 aliphatic heterocycles. The minimum atomic E-state index is -1.55. The molecule has 102 valence electrons. The van der Waals surface area contributed by atoms with Crippen LogP contribution < -0.4 is 0 Å². The molecule has 0 radical (unpaired) electrons. The predicted molar refractivity (Wildman–Crippen MR) is 73.3 cm³/mol. The van der Waals surface area contributed by atoms with Crippen molar-refractivity contribution >= 4 is 34.9 Å². The maximum Gasteiger partial charge on any atom is 0.196 e. The maximum absolute atomic E-state index is 13.9. The largest absolute Gasteiger partial charge is 0.330 e. The number of hydrogen-bond donors (Lipinski definition) is 1. The lowest BCUT2D eigenvalue weighted by Gasteiger charge is -2.08. The van der Waals surface area contributed by atoms with E-state index in [9.17, 15) is 13.2 Å². The zero-order chi connectivity index (χ0) is 14.4. The number of halogens is 4. The number of aromatic nitrogens is 2. The Morgan fingerprint density at radius 3 is 2.55 bits per heavy atom. The number of nitrogens with zero attached hydrogens (tertiary/aromatic N) is 1. The highest BCUT2D eigenvalue weighted by Gasteiger charge is 2.18. The van der Waals surface area contributed by atoms with Gasteiger partial charge in [0, 0.05) is 0 Å². The number of hydrogen-bond acceptors (Lipinski definition) is 1. The van der Waals surface area contributed by atoms with E-state index < -0.39 is 17.5 Å². The van der Waals surface area contributed by atoms with Crippen LogP contribution in [0.1, 0.15) is 0 Å². The number of rotatable bonds is 1. The molecule has 20 heavy (non-hydrogen) atoms. The molecule has 3 aromatic rings. The van der Waals surface area contributed by atoms with Gasteiger partial charge in [0.25, 0.3) is 0 Å². The zero-order valence-corrected chi connectivity index (χ0v) is 11.3. The Kier molecular flexibility index (Phi) is 3.07. The van der Waals surface area contributed by atoms with E-state index in [4.69, 9.17) is 23.8 Å². The summed E-state index contributed by atoms with van der Waals surface area (Å²) in [5, 5.41) is 0.319. The number of imidazole rings is 1. The summed E-state index contributed by atoms with van der Waals surface area (Å²) in [6.07, 6.45) is 0. The van der Waals surface area contributed by atoms with Gasteiger partial charge in [0.2, 0.25) is 0 Å². The smallest absolute Gasteiger partial charge is 0.196 e. The maximum atomic E-state index is 13.9. The van der Waals surface area contributed by atoms with E-state index in [0.717, 1.165) is 12.1 Å². The fourth-order valence-electron chi connectivity index (χ4n) is 2.03. The molecule has 0 fully saturated rings. The summed E-state index contributed by atoms with van der Waals surface area (Å²) in [5.74, 6) is -4.13. The standard InChI is InChI=1S/C13H6ClF3N2S/c14-6-2-1-3-8-12(6)19(13(20)18-8)9-5-4-7(15)10(16)11(9)17/h1-5H,(H,18,20). The first kappa shape index (κ1) is 13.2. The molecule has 0 unspecified atom stereocenters. The molecule has 0 bridgehead atoms. The van der Waals surface area contributed by atoms with Crippen LogP contribution in [-0.4, -0.2) is 9.55 Å². The Labute approximate surface area is 121 Å². The summed E-state index contributed by atoms with van der Waals surface area (Å²) in [4.78, 5) is 2.84. The molecule has 1 heterocycles. The molecule has 7 heteroatoms. The van der Waals surface area contributed by atoms with E-state index in [2.05, 4.69) is 4.98 Å². The molecular formula is C13H6ClF3N2S. The third-order valence-corrected chi connectivity index (χ3v) is 3.50. The molecule has 1 aromatic heterocycles. The number of benzene rings is 2. The second-order valence-electron chi connectivity index (χ2n) is 4.10. The Morgan fingerprint density at radius 1 is 1.05 bits per heavy atom. The van der Waals surface area contributed by atoms with Gasteiger partial charge >= 0.3 is 0 Å². The summed E-state index contributed by atoms with van der Waals surface area (Å²) in [6, 6.07) is 6.94. The molecule has 0 saturated carbocycles. The Bertz CT molecular complexity index is 885. The molecule has 1 N–H and O–H groups in total. The van der Waals surface area contributed by atoms with Gasteiger partial charge in [-0.3, -0.25) is 4.57 Å². The van der Waals surface area contributed by atoms with Gasteiger partial charge in [0.05, 0.1) is 21.7 Å². The van der Waals surface area contributed by atoms with E-state index in [-0.39, 0.29) is 10.5 Å². The van der Waals surface area contributed by atoms with Crippen LogP contribution in [0.4, 0.5) is 13.2 Å². The van der Waals surface area contributed by atoms with Crippen LogP contribution in [0.3, 0.4) is 0 Å². The lowest BCUT2D eigenvalue weighted by molar-refractivity contribution is 0.445. The van der Waals surface area contributed by atoms with Crippen molar-refractivity contribution in [3.05, 3.63) is 57.6 Å². The van der Waals surface area contributed by atoms with Gasteiger partial charge < -0.3 is 4.98 Å². The summed E-state index contributed by atoms with van der Waals surface area (Å²) in [5.41, 5.74) is 0.781. The lowest BCUT2D eigenvalue weighted by atomic mass is 10.2. The van der Waals surface area contributed by atoms with Crippen molar-refractivity contribution in [1.82, 2.24) is 9.55 Å². The predicted octanol–water partition coefficient (Wildman–Crippen LogP) is 4.76. The van der Waals surface area contributed by atoms with Crippen molar-refractivity contribution in [2.24, 2.45) is 0 Å². The molecule has 0 spiro atoms. The van der Waals surface area contributed by atoms with Crippen LogP contribution in [0, 0.1) is 22.2 Å². The van der Waals surface area contributed by atoms with Gasteiger partial charge in [0.1, 0.15) is 0 Å². The van der Waals surface area contributed by atoms with E-state index in [1.54, 1.807) is 18.2 Å². The third kappa shape index (κ3) is 1.83. The van der Waals surface area contributed by atoms with Crippen molar-refractivity contribution in [1.29, 1.82) is 0 Å². The second-order valence-corrected chi connectivity index (χ2v) is 4.89. The molecule has 2 aromatic carbocycles. The SMILES string of the molecule is Fc1ccc(-n2c(=S)[nH]c3cccc(Cl)c32)c(F)c1F. The van der Waals surface area contributed by atoms with Crippen molar-refractivity contribution < 1.29 is 13.2 Å². The summed E-state index contributed by atoms with van der Waals surface area (Å²) >= 11 is 11.2. The zero-order valence-electron chi connectivity index (χ0n) is 9.75. The Balaban J connectivity index is 2.45. The van der Waals surface area contributed by atoms with E-state index in [1.165, 1.54) is 4.57 Å². The molecule has 0 atom stereocenters.